The van der Waals surface area contributed by atoms with Crippen LogP contribution >= 0.6 is 0 Å². The number of esters is 1. The molecule has 0 bridgehead atoms. The van der Waals surface area contributed by atoms with Crippen molar-refractivity contribution in [3.63, 3.8) is 0 Å². The van der Waals surface area contributed by atoms with E-state index in [2.05, 4.69) is 12.2 Å². The Morgan fingerprint density at radius 3 is 2.69 bits per heavy atom. The fraction of sp³-hybridized carbons (Fsp3) is 0.923. The first-order valence-corrected chi connectivity index (χ1v) is 6.29. The van der Waals surface area contributed by atoms with E-state index in [-0.39, 0.29) is 5.97 Å². The summed E-state index contributed by atoms with van der Waals surface area (Å²) in [5, 5.41) is 3.33. The minimum absolute atomic E-state index is 0.184. The Morgan fingerprint density at radius 1 is 1.44 bits per heavy atom. The van der Waals surface area contributed by atoms with Gasteiger partial charge in [-0.25, -0.2) is 0 Å². The summed E-state index contributed by atoms with van der Waals surface area (Å²) in [5.41, 5.74) is -0.560. The van der Waals surface area contributed by atoms with Crippen LogP contribution in [0.3, 0.4) is 0 Å². The van der Waals surface area contributed by atoms with Crippen LogP contribution in [0.4, 0.5) is 0 Å². The number of rotatable bonds is 4. The number of hydrogen-bond acceptors (Lipinski definition) is 3. The molecular formula is C13H25NO2. The molecule has 0 saturated heterocycles. The van der Waals surface area contributed by atoms with E-state index in [0.29, 0.717) is 5.92 Å². The Labute approximate surface area is 98.9 Å². The topological polar surface area (TPSA) is 38.3 Å². The Bertz CT molecular complexity index is 238. The SMILES string of the molecule is COC(=O)C(C)(C)NCC1CCCC(C)C1. The van der Waals surface area contributed by atoms with E-state index in [0.717, 1.165) is 12.5 Å². The van der Waals surface area contributed by atoms with Gasteiger partial charge in [-0.15, -0.1) is 0 Å². The van der Waals surface area contributed by atoms with Gasteiger partial charge in [0.2, 0.25) is 0 Å². The summed E-state index contributed by atoms with van der Waals surface area (Å²) in [6.07, 6.45) is 5.25. The fourth-order valence-electron chi connectivity index (χ4n) is 2.47. The number of ether oxygens (including phenoxy) is 1. The van der Waals surface area contributed by atoms with Gasteiger partial charge < -0.3 is 10.1 Å². The van der Waals surface area contributed by atoms with Gasteiger partial charge in [0.15, 0.2) is 0 Å². The van der Waals surface area contributed by atoms with E-state index in [9.17, 15) is 4.79 Å². The molecule has 0 aromatic rings. The molecule has 16 heavy (non-hydrogen) atoms. The first kappa shape index (κ1) is 13.5. The fourth-order valence-corrected chi connectivity index (χ4v) is 2.47. The van der Waals surface area contributed by atoms with Crippen LogP contribution < -0.4 is 5.32 Å². The average molecular weight is 227 g/mol. The minimum atomic E-state index is -0.560. The zero-order valence-corrected chi connectivity index (χ0v) is 11.0. The maximum atomic E-state index is 11.5. The van der Waals surface area contributed by atoms with Crippen molar-refractivity contribution in [2.75, 3.05) is 13.7 Å². The van der Waals surface area contributed by atoms with Crippen molar-refractivity contribution in [3.05, 3.63) is 0 Å². The molecule has 94 valence electrons. The van der Waals surface area contributed by atoms with Crippen molar-refractivity contribution in [3.8, 4) is 0 Å². The summed E-state index contributed by atoms with van der Waals surface area (Å²) >= 11 is 0. The van der Waals surface area contributed by atoms with Gasteiger partial charge in [-0.2, -0.15) is 0 Å². The number of carbonyl (C=O) groups is 1. The molecule has 1 saturated carbocycles. The highest BCUT2D eigenvalue weighted by molar-refractivity contribution is 5.79. The summed E-state index contributed by atoms with van der Waals surface area (Å²) < 4.78 is 4.77. The number of methoxy groups -OCH3 is 1. The lowest BCUT2D eigenvalue weighted by atomic mass is 9.82. The zero-order valence-electron chi connectivity index (χ0n) is 11.0. The smallest absolute Gasteiger partial charge is 0.325 e. The van der Waals surface area contributed by atoms with Gasteiger partial charge in [0.05, 0.1) is 7.11 Å². The maximum absolute atomic E-state index is 11.5. The number of carbonyl (C=O) groups excluding carboxylic acids is 1. The third-order valence-electron chi connectivity index (χ3n) is 3.57. The van der Waals surface area contributed by atoms with Crippen LogP contribution in [0.1, 0.15) is 46.5 Å². The Balaban J connectivity index is 2.35. The highest BCUT2D eigenvalue weighted by Gasteiger charge is 2.29. The predicted molar refractivity (Wildman–Crippen MR) is 65.2 cm³/mol. The van der Waals surface area contributed by atoms with Gasteiger partial charge in [-0.1, -0.05) is 19.8 Å². The Hall–Kier alpha value is -0.570. The second-order valence-corrected chi connectivity index (χ2v) is 5.64. The molecule has 1 fully saturated rings. The minimum Gasteiger partial charge on any atom is -0.468 e. The molecular weight excluding hydrogens is 202 g/mol. The van der Waals surface area contributed by atoms with E-state index in [1.165, 1.54) is 32.8 Å². The Kier molecular flexibility index (Phi) is 4.78. The highest BCUT2D eigenvalue weighted by atomic mass is 16.5. The maximum Gasteiger partial charge on any atom is 0.325 e. The quantitative estimate of drug-likeness (QED) is 0.749. The summed E-state index contributed by atoms with van der Waals surface area (Å²) in [6, 6.07) is 0. The summed E-state index contributed by atoms with van der Waals surface area (Å²) in [5.74, 6) is 1.37. The van der Waals surface area contributed by atoms with E-state index in [1.807, 2.05) is 13.8 Å². The van der Waals surface area contributed by atoms with Gasteiger partial charge in [-0.05, 0) is 45.1 Å². The standard InChI is InChI=1S/C13H25NO2/c1-10-6-5-7-11(8-10)9-14-13(2,3)12(15)16-4/h10-11,14H,5-9H2,1-4H3. The van der Waals surface area contributed by atoms with E-state index in [4.69, 9.17) is 4.74 Å². The third kappa shape index (κ3) is 3.78. The van der Waals surface area contributed by atoms with E-state index in [1.54, 1.807) is 0 Å². The molecule has 0 radical (unpaired) electrons. The van der Waals surface area contributed by atoms with Gasteiger partial charge in [0, 0.05) is 0 Å². The monoisotopic (exact) mass is 227 g/mol. The van der Waals surface area contributed by atoms with Crippen molar-refractivity contribution in [2.45, 2.75) is 52.0 Å². The van der Waals surface area contributed by atoms with Crippen molar-refractivity contribution in [1.29, 1.82) is 0 Å². The van der Waals surface area contributed by atoms with Crippen LogP contribution in [0.2, 0.25) is 0 Å². The molecule has 1 rings (SSSR count). The highest BCUT2D eigenvalue weighted by Crippen LogP contribution is 2.28. The normalized spacial score (nSPS) is 26.5. The molecule has 2 atom stereocenters. The average Bonchev–Trinajstić information content (AvgIpc) is 2.25. The van der Waals surface area contributed by atoms with Crippen LogP contribution in [-0.2, 0) is 9.53 Å². The molecule has 0 aromatic heterocycles. The van der Waals surface area contributed by atoms with Gasteiger partial charge in [0.25, 0.3) is 0 Å². The molecule has 0 amide bonds. The van der Waals surface area contributed by atoms with Gasteiger partial charge >= 0.3 is 5.97 Å². The molecule has 0 heterocycles. The zero-order chi connectivity index (χ0) is 12.2. The lowest BCUT2D eigenvalue weighted by Crippen LogP contribution is -2.49. The molecule has 1 aliphatic rings. The molecule has 1 N–H and O–H groups in total. The van der Waals surface area contributed by atoms with Crippen LogP contribution in [0, 0.1) is 11.8 Å². The molecule has 0 spiro atoms. The largest absolute Gasteiger partial charge is 0.468 e. The molecule has 3 nitrogen and oxygen atoms in total. The van der Waals surface area contributed by atoms with E-state index >= 15 is 0 Å². The second kappa shape index (κ2) is 5.67. The van der Waals surface area contributed by atoms with Gasteiger partial charge in [0.1, 0.15) is 5.54 Å². The van der Waals surface area contributed by atoms with Crippen molar-refractivity contribution < 1.29 is 9.53 Å². The van der Waals surface area contributed by atoms with Crippen LogP contribution in [0.15, 0.2) is 0 Å². The number of nitrogens with one attached hydrogen (secondary N) is 1. The summed E-state index contributed by atoms with van der Waals surface area (Å²) in [6.45, 7) is 7.00. The third-order valence-corrected chi connectivity index (χ3v) is 3.57. The first-order valence-electron chi connectivity index (χ1n) is 6.29. The van der Waals surface area contributed by atoms with E-state index < -0.39 is 5.54 Å². The molecule has 1 aliphatic carbocycles. The van der Waals surface area contributed by atoms with Crippen molar-refractivity contribution in [2.24, 2.45) is 11.8 Å². The molecule has 0 aromatic carbocycles. The molecule has 0 aliphatic heterocycles. The lowest BCUT2D eigenvalue weighted by Gasteiger charge is -2.30. The van der Waals surface area contributed by atoms with Crippen LogP contribution in [-0.4, -0.2) is 25.2 Å². The van der Waals surface area contributed by atoms with Gasteiger partial charge in [-0.3, -0.25) is 4.79 Å². The second-order valence-electron chi connectivity index (χ2n) is 5.64. The first-order chi connectivity index (χ1) is 7.45. The van der Waals surface area contributed by atoms with Crippen LogP contribution in [0.25, 0.3) is 0 Å². The number of hydrogen-bond donors (Lipinski definition) is 1. The summed E-state index contributed by atoms with van der Waals surface area (Å²) in [7, 11) is 1.44. The lowest BCUT2D eigenvalue weighted by molar-refractivity contribution is -0.147. The molecule has 2 unspecified atom stereocenters. The Morgan fingerprint density at radius 2 is 2.12 bits per heavy atom. The van der Waals surface area contributed by atoms with Crippen molar-refractivity contribution in [1.82, 2.24) is 5.32 Å². The molecule has 3 heteroatoms. The van der Waals surface area contributed by atoms with Crippen LogP contribution in [0.5, 0.6) is 0 Å². The predicted octanol–water partition coefficient (Wildman–Crippen LogP) is 2.35. The van der Waals surface area contributed by atoms with Crippen molar-refractivity contribution >= 4 is 5.97 Å². The summed E-state index contributed by atoms with van der Waals surface area (Å²) in [4.78, 5) is 11.5.